The Bertz CT molecular complexity index is 837. The second kappa shape index (κ2) is 10.9. The molecule has 0 bridgehead atoms. The van der Waals surface area contributed by atoms with E-state index in [0.29, 0.717) is 24.7 Å². The topological polar surface area (TPSA) is 42.0 Å². The third kappa shape index (κ3) is 6.04. The van der Waals surface area contributed by atoms with Gasteiger partial charge < -0.3 is 19.3 Å². The maximum absolute atomic E-state index is 12.4. The van der Waals surface area contributed by atoms with E-state index in [9.17, 15) is 4.79 Å². The zero-order chi connectivity index (χ0) is 22.3. The summed E-state index contributed by atoms with van der Waals surface area (Å²) in [5, 5.41) is 0. The van der Waals surface area contributed by atoms with E-state index in [0.717, 1.165) is 63.2 Å². The number of likely N-dealkylation sites (tertiary alicyclic amines) is 2. The van der Waals surface area contributed by atoms with Crippen LogP contribution in [0, 0.1) is 0 Å². The van der Waals surface area contributed by atoms with Gasteiger partial charge in [-0.15, -0.1) is 0 Å². The molecule has 2 aromatic rings. The van der Waals surface area contributed by atoms with Gasteiger partial charge in [-0.05, 0) is 68.7 Å². The Morgan fingerprint density at radius 1 is 0.906 bits per heavy atom. The number of amides is 1. The first-order valence-electron chi connectivity index (χ1n) is 12.0. The number of rotatable bonds is 6. The molecule has 5 nitrogen and oxygen atoms in total. The lowest BCUT2D eigenvalue weighted by Gasteiger charge is -2.34. The highest BCUT2D eigenvalue weighted by Gasteiger charge is 2.25. The molecule has 0 spiro atoms. The number of carbonyl (C=O) groups excluding carboxylic acids is 1. The predicted molar refractivity (Wildman–Crippen MR) is 127 cm³/mol. The summed E-state index contributed by atoms with van der Waals surface area (Å²) >= 11 is 0. The average molecular weight is 437 g/mol. The molecule has 2 saturated heterocycles. The van der Waals surface area contributed by atoms with Crippen molar-refractivity contribution in [1.29, 1.82) is 0 Å². The average Bonchev–Trinajstić information content (AvgIpc) is 2.84. The minimum Gasteiger partial charge on any atom is -0.490 e. The van der Waals surface area contributed by atoms with Crippen molar-refractivity contribution in [3.05, 3.63) is 65.7 Å². The quantitative estimate of drug-likeness (QED) is 0.603. The van der Waals surface area contributed by atoms with Crippen LogP contribution in [0.5, 0.6) is 5.75 Å². The lowest BCUT2D eigenvalue weighted by Crippen LogP contribution is -2.41. The van der Waals surface area contributed by atoms with E-state index in [2.05, 4.69) is 43.0 Å². The molecular formula is C27H36N2O3. The number of benzene rings is 2. The van der Waals surface area contributed by atoms with E-state index in [1.54, 1.807) is 0 Å². The molecule has 172 valence electrons. The van der Waals surface area contributed by atoms with Gasteiger partial charge in [0.15, 0.2) is 0 Å². The van der Waals surface area contributed by atoms with Crippen LogP contribution in [0.25, 0.3) is 0 Å². The Kier molecular flexibility index (Phi) is 7.69. The number of piperidine rings is 2. The predicted octanol–water partition coefficient (Wildman–Crippen LogP) is 5.45. The van der Waals surface area contributed by atoms with Crippen molar-refractivity contribution in [1.82, 2.24) is 9.80 Å². The van der Waals surface area contributed by atoms with Gasteiger partial charge in [-0.3, -0.25) is 0 Å². The summed E-state index contributed by atoms with van der Waals surface area (Å²) in [4.78, 5) is 16.7. The van der Waals surface area contributed by atoms with Crippen molar-refractivity contribution < 1.29 is 14.3 Å². The van der Waals surface area contributed by atoms with E-state index in [1.165, 1.54) is 5.56 Å². The van der Waals surface area contributed by atoms with Gasteiger partial charge in [-0.2, -0.15) is 0 Å². The van der Waals surface area contributed by atoms with Gasteiger partial charge in [0.2, 0.25) is 0 Å². The first kappa shape index (κ1) is 22.7. The van der Waals surface area contributed by atoms with Crippen molar-refractivity contribution in [3.63, 3.8) is 0 Å². The van der Waals surface area contributed by atoms with Crippen LogP contribution in [-0.4, -0.2) is 54.2 Å². The molecule has 2 aliphatic rings. The fourth-order valence-corrected chi connectivity index (χ4v) is 4.73. The molecule has 0 saturated carbocycles. The molecular weight excluding hydrogens is 400 g/mol. The van der Waals surface area contributed by atoms with Gasteiger partial charge >= 0.3 is 6.09 Å². The standard InChI is InChI=1S/C27H36N2O3/c1-21(2)28-18-14-26(15-19-28)32-25-10-8-23(9-11-25)24-12-16-29(17-13-24)27(30)31-20-22-6-4-3-5-7-22/h3-11,21,24,26H,12-20H2,1-2H3. The van der Waals surface area contributed by atoms with Gasteiger partial charge in [0.25, 0.3) is 0 Å². The van der Waals surface area contributed by atoms with Crippen LogP contribution in [0.3, 0.4) is 0 Å². The molecule has 0 radical (unpaired) electrons. The molecule has 0 unspecified atom stereocenters. The van der Waals surface area contributed by atoms with Crippen molar-refractivity contribution in [2.24, 2.45) is 0 Å². The van der Waals surface area contributed by atoms with Gasteiger partial charge in [-0.25, -0.2) is 4.79 Å². The third-order valence-corrected chi connectivity index (χ3v) is 6.82. The van der Waals surface area contributed by atoms with Crippen LogP contribution in [-0.2, 0) is 11.3 Å². The van der Waals surface area contributed by atoms with E-state index < -0.39 is 0 Å². The fraction of sp³-hybridized carbons (Fsp3) is 0.519. The minimum absolute atomic E-state index is 0.209. The Morgan fingerprint density at radius 3 is 2.19 bits per heavy atom. The van der Waals surface area contributed by atoms with Crippen molar-refractivity contribution >= 4 is 6.09 Å². The van der Waals surface area contributed by atoms with Gasteiger partial charge in [0.1, 0.15) is 18.5 Å². The normalized spacial score (nSPS) is 18.7. The summed E-state index contributed by atoms with van der Waals surface area (Å²) < 4.78 is 11.7. The second-order valence-corrected chi connectivity index (χ2v) is 9.32. The SMILES string of the molecule is CC(C)N1CCC(Oc2ccc(C3CCN(C(=O)OCc4ccccc4)CC3)cc2)CC1. The first-order valence-corrected chi connectivity index (χ1v) is 12.0. The van der Waals surface area contributed by atoms with E-state index in [4.69, 9.17) is 9.47 Å². The van der Waals surface area contributed by atoms with E-state index in [1.807, 2.05) is 35.2 Å². The van der Waals surface area contributed by atoms with Crippen LogP contribution in [0.1, 0.15) is 56.6 Å². The molecule has 4 rings (SSSR count). The third-order valence-electron chi connectivity index (χ3n) is 6.82. The molecule has 1 amide bonds. The molecule has 0 atom stereocenters. The lowest BCUT2D eigenvalue weighted by atomic mass is 9.89. The van der Waals surface area contributed by atoms with Crippen molar-refractivity contribution in [2.75, 3.05) is 26.2 Å². The summed E-state index contributed by atoms with van der Waals surface area (Å²) in [6, 6.07) is 19.1. The largest absolute Gasteiger partial charge is 0.490 e. The molecule has 32 heavy (non-hydrogen) atoms. The van der Waals surface area contributed by atoms with Gasteiger partial charge in [-0.1, -0.05) is 42.5 Å². The highest BCUT2D eigenvalue weighted by atomic mass is 16.6. The maximum atomic E-state index is 12.4. The molecule has 0 aliphatic carbocycles. The van der Waals surface area contributed by atoms with Crippen molar-refractivity contribution in [3.8, 4) is 5.75 Å². The van der Waals surface area contributed by atoms with Crippen molar-refractivity contribution in [2.45, 2.75) is 64.2 Å². The number of nitrogens with zero attached hydrogens (tertiary/aromatic N) is 2. The molecule has 0 aromatic heterocycles. The van der Waals surface area contributed by atoms with Crippen LogP contribution in [0.15, 0.2) is 54.6 Å². The molecule has 2 aliphatic heterocycles. The number of hydrogen-bond donors (Lipinski definition) is 0. The summed E-state index contributed by atoms with van der Waals surface area (Å²) in [5.41, 5.74) is 2.35. The summed E-state index contributed by atoms with van der Waals surface area (Å²) in [6.07, 6.45) is 4.24. The molecule has 5 heteroatoms. The first-order chi connectivity index (χ1) is 15.6. The maximum Gasteiger partial charge on any atom is 0.410 e. The van der Waals surface area contributed by atoms with Crippen LogP contribution >= 0.6 is 0 Å². The Morgan fingerprint density at radius 2 is 1.56 bits per heavy atom. The van der Waals surface area contributed by atoms with Crippen LogP contribution < -0.4 is 4.74 Å². The molecule has 2 fully saturated rings. The fourth-order valence-electron chi connectivity index (χ4n) is 4.73. The van der Waals surface area contributed by atoms with Crippen LogP contribution in [0.2, 0.25) is 0 Å². The summed E-state index contributed by atoms with van der Waals surface area (Å²) in [7, 11) is 0. The highest BCUT2D eigenvalue weighted by Crippen LogP contribution is 2.30. The zero-order valence-corrected chi connectivity index (χ0v) is 19.4. The number of ether oxygens (including phenoxy) is 2. The smallest absolute Gasteiger partial charge is 0.410 e. The number of carbonyl (C=O) groups is 1. The Labute approximate surface area is 192 Å². The molecule has 2 aromatic carbocycles. The summed E-state index contributed by atoms with van der Waals surface area (Å²) in [6.45, 7) is 8.57. The minimum atomic E-state index is -0.209. The zero-order valence-electron chi connectivity index (χ0n) is 19.4. The second-order valence-electron chi connectivity index (χ2n) is 9.32. The summed E-state index contributed by atoms with van der Waals surface area (Å²) in [5.74, 6) is 1.45. The number of hydrogen-bond acceptors (Lipinski definition) is 4. The van der Waals surface area contributed by atoms with Gasteiger partial charge in [0.05, 0.1) is 0 Å². The Hall–Kier alpha value is -2.53. The Balaban J connectivity index is 1.20. The molecule has 2 heterocycles. The van der Waals surface area contributed by atoms with Crippen LogP contribution in [0.4, 0.5) is 4.79 Å². The van der Waals surface area contributed by atoms with E-state index >= 15 is 0 Å². The lowest BCUT2D eigenvalue weighted by molar-refractivity contribution is 0.0843. The van der Waals surface area contributed by atoms with E-state index in [-0.39, 0.29) is 6.09 Å². The highest BCUT2D eigenvalue weighted by molar-refractivity contribution is 5.67. The molecule has 0 N–H and O–H groups in total. The van der Waals surface area contributed by atoms with Gasteiger partial charge in [0, 0.05) is 32.2 Å². The monoisotopic (exact) mass is 436 g/mol.